The molecule has 3 heterocycles. The SMILES string of the molecule is CNc1nc(NC(CCO)c2ccccc2Cl)nc(N2CCC(C(=O)NCC3CCNC3=O)CC2)n1. The third kappa shape index (κ3) is 6.33. The molecule has 2 saturated heterocycles. The van der Waals surface area contributed by atoms with Crippen LogP contribution in [0, 0.1) is 11.8 Å². The summed E-state index contributed by atoms with van der Waals surface area (Å²) in [5.41, 5.74) is 0.850. The number of halogens is 1. The lowest BCUT2D eigenvalue weighted by Gasteiger charge is -2.31. The number of hydrogen-bond donors (Lipinski definition) is 5. The van der Waals surface area contributed by atoms with Crippen LogP contribution in [0.1, 0.15) is 37.3 Å². The van der Waals surface area contributed by atoms with Gasteiger partial charge in [0.2, 0.25) is 29.7 Å². The van der Waals surface area contributed by atoms with Crippen LogP contribution in [0.2, 0.25) is 5.02 Å². The second-order valence-corrected chi connectivity index (χ2v) is 9.45. The lowest BCUT2D eigenvalue weighted by Crippen LogP contribution is -2.43. The van der Waals surface area contributed by atoms with Crippen LogP contribution in [0.15, 0.2) is 24.3 Å². The molecule has 11 nitrogen and oxygen atoms in total. The molecule has 0 radical (unpaired) electrons. The predicted octanol–water partition coefficient (Wildman–Crippen LogP) is 1.57. The van der Waals surface area contributed by atoms with Gasteiger partial charge in [0.05, 0.1) is 12.0 Å². The molecule has 2 atom stereocenters. The molecule has 194 valence electrons. The summed E-state index contributed by atoms with van der Waals surface area (Å²) in [6.45, 7) is 2.28. The smallest absolute Gasteiger partial charge is 0.231 e. The van der Waals surface area contributed by atoms with Crippen LogP contribution in [0.25, 0.3) is 0 Å². The number of aliphatic hydroxyl groups excluding tert-OH is 1. The number of benzene rings is 1. The Morgan fingerprint density at radius 2 is 1.94 bits per heavy atom. The number of nitrogens with one attached hydrogen (secondary N) is 4. The van der Waals surface area contributed by atoms with Crippen LogP contribution in [-0.2, 0) is 9.59 Å². The van der Waals surface area contributed by atoms with Gasteiger partial charge in [-0.25, -0.2) is 0 Å². The highest BCUT2D eigenvalue weighted by Gasteiger charge is 2.29. The molecule has 0 bridgehead atoms. The molecular weight excluding hydrogens is 484 g/mol. The molecule has 2 unspecified atom stereocenters. The highest BCUT2D eigenvalue weighted by atomic mass is 35.5. The van der Waals surface area contributed by atoms with Crippen molar-refractivity contribution in [2.24, 2.45) is 11.8 Å². The number of carbonyl (C=O) groups is 2. The number of carbonyl (C=O) groups excluding carboxylic acids is 2. The van der Waals surface area contributed by atoms with Gasteiger partial charge in [0.1, 0.15) is 0 Å². The lowest BCUT2D eigenvalue weighted by atomic mass is 9.95. The van der Waals surface area contributed by atoms with Gasteiger partial charge in [0.25, 0.3) is 0 Å². The molecule has 36 heavy (non-hydrogen) atoms. The Kier molecular flexibility index (Phi) is 8.76. The average Bonchev–Trinajstić information content (AvgIpc) is 3.31. The molecular formula is C24H33ClN8O3. The third-order valence-corrected chi connectivity index (χ3v) is 7.03. The van der Waals surface area contributed by atoms with E-state index in [1.807, 2.05) is 29.2 Å². The van der Waals surface area contributed by atoms with Crippen molar-refractivity contribution in [2.75, 3.05) is 55.4 Å². The summed E-state index contributed by atoms with van der Waals surface area (Å²) in [7, 11) is 1.74. The summed E-state index contributed by atoms with van der Waals surface area (Å²) in [4.78, 5) is 40.0. The van der Waals surface area contributed by atoms with Gasteiger partial charge in [0, 0.05) is 50.8 Å². The number of nitrogens with zero attached hydrogens (tertiary/aromatic N) is 4. The Balaban J connectivity index is 1.40. The van der Waals surface area contributed by atoms with E-state index in [0.29, 0.717) is 68.3 Å². The Hall–Kier alpha value is -3.18. The first kappa shape index (κ1) is 25.9. The Morgan fingerprint density at radius 3 is 2.61 bits per heavy atom. The topological polar surface area (TPSA) is 144 Å². The van der Waals surface area contributed by atoms with E-state index in [9.17, 15) is 14.7 Å². The van der Waals surface area contributed by atoms with Gasteiger partial charge in [-0.15, -0.1) is 0 Å². The van der Waals surface area contributed by atoms with Gasteiger partial charge < -0.3 is 31.3 Å². The Labute approximate surface area is 215 Å². The summed E-state index contributed by atoms with van der Waals surface area (Å²) in [6, 6.07) is 7.20. The fraction of sp³-hybridized carbons (Fsp3) is 0.542. The van der Waals surface area contributed by atoms with E-state index in [4.69, 9.17) is 11.6 Å². The zero-order chi connectivity index (χ0) is 25.5. The van der Waals surface area contributed by atoms with Crippen molar-refractivity contribution in [1.29, 1.82) is 0 Å². The first-order valence-corrected chi connectivity index (χ1v) is 12.7. The Bertz CT molecular complexity index is 1060. The highest BCUT2D eigenvalue weighted by Crippen LogP contribution is 2.29. The van der Waals surface area contributed by atoms with Crippen molar-refractivity contribution in [2.45, 2.75) is 31.7 Å². The molecule has 2 aromatic rings. The highest BCUT2D eigenvalue weighted by molar-refractivity contribution is 6.31. The van der Waals surface area contributed by atoms with Crippen LogP contribution >= 0.6 is 11.6 Å². The molecule has 2 aliphatic heterocycles. The number of aromatic nitrogens is 3. The maximum atomic E-state index is 12.7. The van der Waals surface area contributed by atoms with E-state index in [-0.39, 0.29) is 36.3 Å². The zero-order valence-corrected chi connectivity index (χ0v) is 21.1. The van der Waals surface area contributed by atoms with E-state index >= 15 is 0 Å². The van der Waals surface area contributed by atoms with Crippen molar-refractivity contribution < 1.29 is 14.7 Å². The summed E-state index contributed by atoms with van der Waals surface area (Å²) in [6.07, 6.45) is 2.52. The third-order valence-electron chi connectivity index (χ3n) is 6.68. The maximum absolute atomic E-state index is 12.7. The zero-order valence-electron chi connectivity index (χ0n) is 20.3. The van der Waals surface area contributed by atoms with E-state index < -0.39 is 0 Å². The quantitative estimate of drug-likeness (QED) is 0.317. The van der Waals surface area contributed by atoms with Gasteiger partial charge in [-0.2, -0.15) is 15.0 Å². The monoisotopic (exact) mass is 516 g/mol. The first-order chi connectivity index (χ1) is 17.5. The van der Waals surface area contributed by atoms with Gasteiger partial charge >= 0.3 is 0 Å². The van der Waals surface area contributed by atoms with E-state index in [1.165, 1.54) is 0 Å². The molecule has 0 spiro atoms. The molecule has 1 aromatic carbocycles. The van der Waals surface area contributed by atoms with Crippen LogP contribution in [0.4, 0.5) is 17.8 Å². The van der Waals surface area contributed by atoms with Crippen LogP contribution in [-0.4, -0.2) is 71.7 Å². The number of hydrogen-bond acceptors (Lipinski definition) is 9. The minimum atomic E-state index is -0.278. The lowest BCUT2D eigenvalue weighted by molar-refractivity contribution is -0.126. The van der Waals surface area contributed by atoms with Crippen molar-refractivity contribution in [1.82, 2.24) is 25.6 Å². The maximum Gasteiger partial charge on any atom is 0.231 e. The number of rotatable bonds is 10. The second-order valence-electron chi connectivity index (χ2n) is 9.05. The van der Waals surface area contributed by atoms with Crippen molar-refractivity contribution in [3.63, 3.8) is 0 Å². The van der Waals surface area contributed by atoms with Crippen molar-refractivity contribution in [3.8, 4) is 0 Å². The predicted molar refractivity (Wildman–Crippen MR) is 138 cm³/mol. The molecule has 5 N–H and O–H groups in total. The van der Waals surface area contributed by atoms with Crippen LogP contribution in [0.3, 0.4) is 0 Å². The Morgan fingerprint density at radius 1 is 1.19 bits per heavy atom. The standard InChI is InChI=1S/C24H33ClN8O3/c1-26-22-30-23(29-19(9-13-34)17-4-2-3-5-18(17)25)32-24(31-22)33-11-7-15(8-12-33)20(35)28-14-16-6-10-27-21(16)36/h2-5,15-16,19,34H,6-14H2,1H3,(H,27,36)(H,28,35)(H2,26,29,30,31,32). The average molecular weight is 517 g/mol. The number of amides is 2. The normalized spacial score (nSPS) is 19.0. The number of piperidine rings is 1. The number of anilines is 3. The van der Waals surface area contributed by atoms with Gasteiger partial charge in [0.15, 0.2) is 0 Å². The molecule has 1 aromatic heterocycles. The molecule has 2 aliphatic rings. The van der Waals surface area contributed by atoms with E-state index in [1.54, 1.807) is 7.05 Å². The molecule has 0 saturated carbocycles. The minimum absolute atomic E-state index is 0.00477. The summed E-state index contributed by atoms with van der Waals surface area (Å²) < 4.78 is 0. The largest absolute Gasteiger partial charge is 0.396 e. The molecule has 2 fully saturated rings. The summed E-state index contributed by atoms with van der Waals surface area (Å²) in [5.74, 6) is 1.07. The van der Waals surface area contributed by atoms with Gasteiger partial charge in [-0.05, 0) is 37.3 Å². The summed E-state index contributed by atoms with van der Waals surface area (Å²) in [5, 5.41) is 22.2. The molecule has 12 heteroatoms. The van der Waals surface area contributed by atoms with E-state index in [2.05, 4.69) is 36.2 Å². The minimum Gasteiger partial charge on any atom is -0.396 e. The van der Waals surface area contributed by atoms with Crippen molar-refractivity contribution >= 4 is 41.3 Å². The molecule has 0 aliphatic carbocycles. The molecule has 2 amide bonds. The van der Waals surface area contributed by atoms with Crippen LogP contribution < -0.4 is 26.2 Å². The first-order valence-electron chi connectivity index (χ1n) is 12.3. The van der Waals surface area contributed by atoms with E-state index in [0.717, 1.165) is 12.0 Å². The second kappa shape index (κ2) is 12.2. The van der Waals surface area contributed by atoms with Gasteiger partial charge in [-0.3, -0.25) is 9.59 Å². The fourth-order valence-corrected chi connectivity index (χ4v) is 4.85. The van der Waals surface area contributed by atoms with Crippen molar-refractivity contribution in [3.05, 3.63) is 34.9 Å². The van der Waals surface area contributed by atoms with Crippen LogP contribution in [0.5, 0.6) is 0 Å². The number of aliphatic hydroxyl groups is 1. The van der Waals surface area contributed by atoms with Gasteiger partial charge in [-0.1, -0.05) is 29.8 Å². The molecule has 4 rings (SSSR count). The summed E-state index contributed by atoms with van der Waals surface area (Å²) >= 11 is 6.39. The fourth-order valence-electron chi connectivity index (χ4n) is 4.58.